The lowest BCUT2D eigenvalue weighted by atomic mass is 10.0. The van der Waals surface area contributed by atoms with Gasteiger partial charge in [-0.2, -0.15) is 0 Å². The summed E-state index contributed by atoms with van der Waals surface area (Å²) in [5.41, 5.74) is 2.31. The molecule has 8 heteroatoms. The molecule has 1 aromatic heterocycles. The van der Waals surface area contributed by atoms with Crippen LogP contribution in [-0.2, 0) is 20.7 Å². The van der Waals surface area contributed by atoms with E-state index in [4.69, 9.17) is 14.2 Å². The molecule has 182 valence electrons. The second kappa shape index (κ2) is 13.1. The van der Waals surface area contributed by atoms with Crippen LogP contribution in [-0.4, -0.2) is 86.6 Å². The van der Waals surface area contributed by atoms with Gasteiger partial charge in [-0.1, -0.05) is 12.1 Å². The fourth-order valence-corrected chi connectivity index (χ4v) is 5.03. The van der Waals surface area contributed by atoms with E-state index in [2.05, 4.69) is 11.4 Å². The van der Waals surface area contributed by atoms with Crippen molar-refractivity contribution in [3.8, 4) is 5.75 Å². The van der Waals surface area contributed by atoms with Gasteiger partial charge in [0.2, 0.25) is 5.91 Å². The van der Waals surface area contributed by atoms with Crippen LogP contribution in [0.3, 0.4) is 0 Å². The molecule has 0 aliphatic carbocycles. The Kier molecular flexibility index (Phi) is 10.1. The quantitative estimate of drug-likeness (QED) is 0.479. The Morgan fingerprint density at radius 3 is 2.97 bits per heavy atom. The molecule has 0 saturated carbocycles. The fraction of sp³-hybridized carbons (Fsp3) is 0.560. The summed E-state index contributed by atoms with van der Waals surface area (Å²) in [6.07, 6.45) is 0.199. The smallest absolute Gasteiger partial charge is 0.237 e. The molecule has 1 amide bonds. The molecule has 2 aromatic rings. The summed E-state index contributed by atoms with van der Waals surface area (Å²) in [5, 5.41) is 12.4. The van der Waals surface area contributed by atoms with Crippen LogP contribution in [0.15, 0.2) is 35.7 Å². The van der Waals surface area contributed by atoms with E-state index in [0.29, 0.717) is 39.5 Å². The third kappa shape index (κ3) is 7.52. The third-order valence-corrected chi connectivity index (χ3v) is 6.76. The molecule has 2 heterocycles. The maximum Gasteiger partial charge on any atom is 0.237 e. The monoisotopic (exact) mass is 476 g/mol. The largest absolute Gasteiger partial charge is 0.491 e. The first-order chi connectivity index (χ1) is 16.0. The van der Waals surface area contributed by atoms with Gasteiger partial charge in [0, 0.05) is 38.2 Å². The van der Waals surface area contributed by atoms with Gasteiger partial charge in [0.05, 0.1) is 31.9 Å². The van der Waals surface area contributed by atoms with Gasteiger partial charge < -0.3 is 24.2 Å². The van der Waals surface area contributed by atoms with E-state index < -0.39 is 6.10 Å². The molecule has 33 heavy (non-hydrogen) atoms. The molecule has 1 N–H and O–H groups in total. The zero-order valence-electron chi connectivity index (χ0n) is 19.9. The predicted octanol–water partition coefficient (Wildman–Crippen LogP) is 2.91. The van der Waals surface area contributed by atoms with Crippen molar-refractivity contribution in [2.45, 2.75) is 32.4 Å². The van der Waals surface area contributed by atoms with Crippen LogP contribution in [0, 0.1) is 6.92 Å². The van der Waals surface area contributed by atoms with Crippen molar-refractivity contribution in [2.75, 3.05) is 59.7 Å². The van der Waals surface area contributed by atoms with Crippen LogP contribution in [0.4, 0.5) is 0 Å². The number of rotatable bonds is 13. The van der Waals surface area contributed by atoms with Gasteiger partial charge in [-0.05, 0) is 55.0 Å². The van der Waals surface area contributed by atoms with Crippen molar-refractivity contribution >= 4 is 17.2 Å². The Morgan fingerprint density at radius 1 is 1.36 bits per heavy atom. The lowest BCUT2D eigenvalue weighted by molar-refractivity contribution is -0.136. The molecule has 1 aliphatic heterocycles. The summed E-state index contributed by atoms with van der Waals surface area (Å²) in [5.74, 6) is 0.843. The molecule has 0 radical (unpaired) electrons. The fourth-order valence-electron chi connectivity index (χ4n) is 4.10. The molecule has 3 rings (SSSR count). The number of carbonyl (C=O) groups is 1. The lowest BCUT2D eigenvalue weighted by Crippen LogP contribution is -2.48. The minimum absolute atomic E-state index is 0.0319. The summed E-state index contributed by atoms with van der Waals surface area (Å²) in [6.45, 7) is 7.43. The second-order valence-corrected chi connectivity index (χ2v) is 9.32. The van der Waals surface area contributed by atoms with Crippen molar-refractivity contribution in [3.05, 3.63) is 51.7 Å². The summed E-state index contributed by atoms with van der Waals surface area (Å²) < 4.78 is 16.7. The van der Waals surface area contributed by atoms with E-state index in [9.17, 15) is 9.90 Å². The van der Waals surface area contributed by atoms with Crippen LogP contribution < -0.4 is 4.74 Å². The molecule has 0 bridgehead atoms. The number of carbonyl (C=O) groups excluding carboxylic acids is 1. The SMILES string of the molecule is CCOC[C@H](O)CN(CCOC)CC(=O)N1CCc2sccc2[C@H]1COc1cccc(C)c1. The van der Waals surface area contributed by atoms with Gasteiger partial charge in [-0.15, -0.1) is 11.3 Å². The molecule has 7 nitrogen and oxygen atoms in total. The van der Waals surface area contributed by atoms with Crippen LogP contribution in [0.25, 0.3) is 0 Å². The first-order valence-electron chi connectivity index (χ1n) is 11.5. The molecule has 1 aromatic carbocycles. The highest BCUT2D eigenvalue weighted by atomic mass is 32.1. The van der Waals surface area contributed by atoms with E-state index in [1.807, 2.05) is 47.9 Å². The van der Waals surface area contributed by atoms with E-state index in [-0.39, 0.29) is 25.1 Å². The van der Waals surface area contributed by atoms with Gasteiger partial charge in [0.15, 0.2) is 0 Å². The zero-order valence-corrected chi connectivity index (χ0v) is 20.7. The number of nitrogens with zero attached hydrogens (tertiary/aromatic N) is 2. The number of hydrogen-bond donors (Lipinski definition) is 1. The molecule has 0 spiro atoms. The Bertz CT molecular complexity index is 874. The minimum atomic E-state index is -0.653. The van der Waals surface area contributed by atoms with E-state index in [1.54, 1.807) is 18.4 Å². The zero-order chi connectivity index (χ0) is 23.6. The normalized spacial score (nSPS) is 16.6. The summed E-state index contributed by atoms with van der Waals surface area (Å²) in [4.78, 5) is 18.6. The number of aliphatic hydroxyl groups excluding tert-OH is 1. The highest BCUT2D eigenvalue weighted by molar-refractivity contribution is 7.10. The molecular formula is C25H36N2O5S. The van der Waals surface area contributed by atoms with Crippen molar-refractivity contribution in [1.82, 2.24) is 9.80 Å². The van der Waals surface area contributed by atoms with Gasteiger partial charge >= 0.3 is 0 Å². The van der Waals surface area contributed by atoms with E-state index in [0.717, 1.165) is 17.7 Å². The van der Waals surface area contributed by atoms with Gasteiger partial charge in [-0.3, -0.25) is 9.69 Å². The average Bonchev–Trinajstić information content (AvgIpc) is 3.28. The Morgan fingerprint density at radius 2 is 2.21 bits per heavy atom. The maximum atomic E-state index is 13.5. The first-order valence-corrected chi connectivity index (χ1v) is 12.4. The Labute approximate surface area is 200 Å². The van der Waals surface area contributed by atoms with Gasteiger partial charge in [-0.25, -0.2) is 0 Å². The van der Waals surface area contributed by atoms with Crippen molar-refractivity contribution in [1.29, 1.82) is 0 Å². The van der Waals surface area contributed by atoms with E-state index in [1.165, 1.54) is 10.4 Å². The van der Waals surface area contributed by atoms with Crippen LogP contribution >= 0.6 is 11.3 Å². The van der Waals surface area contributed by atoms with Crippen molar-refractivity contribution < 1.29 is 24.1 Å². The van der Waals surface area contributed by atoms with Crippen LogP contribution in [0.5, 0.6) is 5.75 Å². The van der Waals surface area contributed by atoms with Crippen molar-refractivity contribution in [3.63, 3.8) is 0 Å². The summed E-state index contributed by atoms with van der Waals surface area (Å²) in [7, 11) is 1.64. The van der Waals surface area contributed by atoms with E-state index >= 15 is 0 Å². The summed E-state index contributed by atoms with van der Waals surface area (Å²) >= 11 is 1.74. The number of thiophene rings is 1. The predicted molar refractivity (Wildman–Crippen MR) is 130 cm³/mol. The molecule has 0 fully saturated rings. The standard InChI is InChI=1S/C25H36N2O5S/c1-4-31-17-20(28)15-26(11-12-30-3)16-25(29)27-10-8-24-22(9-13-33-24)23(27)18-32-21-7-5-6-19(2)14-21/h5-7,9,13-14,20,23,28H,4,8,10-12,15-18H2,1-3H3/t20-,23-/m1/s1. The topological polar surface area (TPSA) is 71.5 Å². The average molecular weight is 477 g/mol. The number of methoxy groups -OCH3 is 1. The first kappa shape index (κ1) is 25.6. The summed E-state index contributed by atoms with van der Waals surface area (Å²) in [6, 6.07) is 9.95. The number of amides is 1. The number of aryl methyl sites for hydroxylation is 1. The number of aliphatic hydroxyl groups is 1. The Hall–Kier alpha value is -1.97. The third-order valence-electron chi connectivity index (χ3n) is 5.77. The Balaban J connectivity index is 1.69. The van der Waals surface area contributed by atoms with Crippen LogP contribution in [0.2, 0.25) is 0 Å². The number of ether oxygens (including phenoxy) is 3. The van der Waals surface area contributed by atoms with Crippen molar-refractivity contribution in [2.24, 2.45) is 0 Å². The van der Waals surface area contributed by atoms with Crippen LogP contribution in [0.1, 0.15) is 29.0 Å². The lowest BCUT2D eigenvalue weighted by Gasteiger charge is -2.37. The number of fused-ring (bicyclic) bond motifs is 1. The minimum Gasteiger partial charge on any atom is -0.491 e. The number of hydrogen-bond acceptors (Lipinski definition) is 7. The molecule has 0 unspecified atom stereocenters. The maximum absolute atomic E-state index is 13.5. The number of benzene rings is 1. The molecule has 1 aliphatic rings. The molecule has 2 atom stereocenters. The second-order valence-electron chi connectivity index (χ2n) is 8.32. The highest BCUT2D eigenvalue weighted by Gasteiger charge is 2.33. The molecule has 0 saturated heterocycles. The van der Waals surface area contributed by atoms with Gasteiger partial charge in [0.25, 0.3) is 0 Å². The molecular weight excluding hydrogens is 440 g/mol. The van der Waals surface area contributed by atoms with Gasteiger partial charge in [0.1, 0.15) is 12.4 Å². The highest BCUT2D eigenvalue weighted by Crippen LogP contribution is 2.34.